The van der Waals surface area contributed by atoms with Gasteiger partial charge in [0.25, 0.3) is 5.91 Å². The molecule has 0 atom stereocenters. The third kappa shape index (κ3) is 3.55. The molecular weight excluding hydrogens is 300 g/mol. The van der Waals surface area contributed by atoms with Gasteiger partial charge in [0.2, 0.25) is 0 Å². The molecule has 0 saturated carbocycles. The SMILES string of the molecule is CC(=O)c1ccc(NC(=O)c2cncc(-c3ccccc3)c2)cc1. The number of nitrogens with zero attached hydrogens (tertiary/aromatic N) is 1. The first-order chi connectivity index (χ1) is 11.6. The van der Waals surface area contributed by atoms with E-state index in [2.05, 4.69) is 10.3 Å². The van der Waals surface area contributed by atoms with Crippen LogP contribution in [0.1, 0.15) is 27.6 Å². The van der Waals surface area contributed by atoms with E-state index in [0.717, 1.165) is 11.1 Å². The fraction of sp³-hybridized carbons (Fsp3) is 0.0500. The van der Waals surface area contributed by atoms with Gasteiger partial charge in [0, 0.05) is 29.2 Å². The highest BCUT2D eigenvalue weighted by Crippen LogP contribution is 2.19. The van der Waals surface area contributed by atoms with Crippen LogP contribution in [0.3, 0.4) is 0 Å². The van der Waals surface area contributed by atoms with E-state index in [9.17, 15) is 9.59 Å². The lowest BCUT2D eigenvalue weighted by atomic mass is 10.1. The Morgan fingerprint density at radius 1 is 0.833 bits per heavy atom. The van der Waals surface area contributed by atoms with E-state index in [0.29, 0.717) is 16.8 Å². The number of amides is 1. The van der Waals surface area contributed by atoms with Gasteiger partial charge in [-0.2, -0.15) is 0 Å². The van der Waals surface area contributed by atoms with Crippen molar-refractivity contribution >= 4 is 17.4 Å². The first kappa shape index (κ1) is 15.6. The molecule has 3 rings (SSSR count). The van der Waals surface area contributed by atoms with Gasteiger partial charge < -0.3 is 5.32 Å². The quantitative estimate of drug-likeness (QED) is 0.734. The molecule has 0 aliphatic rings. The van der Waals surface area contributed by atoms with E-state index in [1.807, 2.05) is 36.4 Å². The number of ketones is 1. The van der Waals surface area contributed by atoms with Crippen LogP contribution in [0.2, 0.25) is 0 Å². The molecule has 24 heavy (non-hydrogen) atoms. The van der Waals surface area contributed by atoms with Crippen LogP contribution in [0.5, 0.6) is 0 Å². The number of aromatic nitrogens is 1. The van der Waals surface area contributed by atoms with Crippen LogP contribution in [0, 0.1) is 0 Å². The Morgan fingerprint density at radius 3 is 2.21 bits per heavy atom. The summed E-state index contributed by atoms with van der Waals surface area (Å²) in [4.78, 5) is 27.8. The predicted octanol–water partition coefficient (Wildman–Crippen LogP) is 4.20. The largest absolute Gasteiger partial charge is 0.322 e. The molecule has 118 valence electrons. The van der Waals surface area contributed by atoms with Gasteiger partial charge in [-0.15, -0.1) is 0 Å². The molecule has 0 radical (unpaired) electrons. The molecule has 2 aromatic carbocycles. The minimum atomic E-state index is -0.240. The molecule has 0 unspecified atom stereocenters. The Labute approximate surface area is 140 Å². The predicted molar refractivity (Wildman–Crippen MR) is 94.1 cm³/mol. The maximum absolute atomic E-state index is 12.4. The summed E-state index contributed by atoms with van der Waals surface area (Å²) in [5.41, 5.74) is 3.61. The van der Waals surface area contributed by atoms with Gasteiger partial charge >= 0.3 is 0 Å². The number of Topliss-reactive ketones (excluding diaryl/α,β-unsaturated/α-hetero) is 1. The Kier molecular flexibility index (Phi) is 4.47. The third-order valence-electron chi connectivity index (χ3n) is 3.66. The molecule has 0 aliphatic heterocycles. The number of hydrogen-bond donors (Lipinski definition) is 1. The molecular formula is C20H16N2O2. The monoisotopic (exact) mass is 316 g/mol. The van der Waals surface area contributed by atoms with Crippen LogP contribution in [-0.2, 0) is 0 Å². The van der Waals surface area contributed by atoms with Crippen LogP contribution in [0.15, 0.2) is 73.1 Å². The minimum absolute atomic E-state index is 0.00682. The van der Waals surface area contributed by atoms with Gasteiger partial charge in [0.1, 0.15) is 0 Å². The summed E-state index contributed by atoms with van der Waals surface area (Å²) < 4.78 is 0. The number of rotatable bonds is 4. The van der Waals surface area contributed by atoms with E-state index in [-0.39, 0.29) is 11.7 Å². The van der Waals surface area contributed by atoms with E-state index < -0.39 is 0 Å². The van der Waals surface area contributed by atoms with Crippen LogP contribution < -0.4 is 5.32 Å². The van der Waals surface area contributed by atoms with E-state index in [4.69, 9.17) is 0 Å². The van der Waals surface area contributed by atoms with Crippen molar-refractivity contribution in [2.24, 2.45) is 0 Å². The zero-order valence-corrected chi connectivity index (χ0v) is 13.2. The van der Waals surface area contributed by atoms with Crippen molar-refractivity contribution in [3.8, 4) is 11.1 Å². The molecule has 1 N–H and O–H groups in total. The smallest absolute Gasteiger partial charge is 0.257 e. The lowest BCUT2D eigenvalue weighted by Crippen LogP contribution is -2.12. The Hall–Kier alpha value is -3.27. The molecule has 1 aromatic heterocycles. The minimum Gasteiger partial charge on any atom is -0.322 e. The van der Waals surface area contributed by atoms with Gasteiger partial charge in [0.05, 0.1) is 5.56 Å². The summed E-state index contributed by atoms with van der Waals surface area (Å²) in [5, 5.41) is 2.81. The molecule has 0 fully saturated rings. The van der Waals surface area contributed by atoms with Crippen molar-refractivity contribution < 1.29 is 9.59 Å². The first-order valence-electron chi connectivity index (χ1n) is 7.56. The number of anilines is 1. The summed E-state index contributed by atoms with van der Waals surface area (Å²) in [7, 11) is 0. The molecule has 0 saturated heterocycles. The van der Waals surface area contributed by atoms with E-state index in [1.54, 1.807) is 30.5 Å². The van der Waals surface area contributed by atoms with Gasteiger partial charge in [0.15, 0.2) is 5.78 Å². The molecule has 0 aliphatic carbocycles. The van der Waals surface area contributed by atoms with Gasteiger partial charge in [-0.25, -0.2) is 0 Å². The topological polar surface area (TPSA) is 59.1 Å². The summed E-state index contributed by atoms with van der Waals surface area (Å²) in [6.45, 7) is 1.51. The second kappa shape index (κ2) is 6.87. The molecule has 0 spiro atoms. The number of benzene rings is 2. The number of carbonyl (C=O) groups is 2. The van der Waals surface area contributed by atoms with E-state index in [1.165, 1.54) is 13.1 Å². The lowest BCUT2D eigenvalue weighted by Gasteiger charge is -2.07. The van der Waals surface area contributed by atoms with Gasteiger partial charge in [-0.05, 0) is 42.8 Å². The molecule has 3 aromatic rings. The molecule has 0 bridgehead atoms. The highest BCUT2D eigenvalue weighted by atomic mass is 16.1. The fourth-order valence-corrected chi connectivity index (χ4v) is 2.34. The van der Waals surface area contributed by atoms with Crippen molar-refractivity contribution in [2.75, 3.05) is 5.32 Å². The van der Waals surface area contributed by atoms with Crippen molar-refractivity contribution in [1.82, 2.24) is 4.98 Å². The maximum atomic E-state index is 12.4. The second-order valence-electron chi connectivity index (χ2n) is 5.42. The number of nitrogens with one attached hydrogen (secondary N) is 1. The Bertz CT molecular complexity index is 872. The van der Waals surface area contributed by atoms with Crippen molar-refractivity contribution in [2.45, 2.75) is 6.92 Å². The zero-order valence-electron chi connectivity index (χ0n) is 13.2. The Morgan fingerprint density at radius 2 is 1.54 bits per heavy atom. The van der Waals surface area contributed by atoms with Crippen molar-refractivity contribution in [1.29, 1.82) is 0 Å². The number of pyridine rings is 1. The number of hydrogen-bond acceptors (Lipinski definition) is 3. The lowest BCUT2D eigenvalue weighted by molar-refractivity contribution is 0.101. The summed E-state index contributed by atoms with van der Waals surface area (Å²) in [5.74, 6) is -0.247. The molecule has 1 heterocycles. The molecule has 4 heteroatoms. The summed E-state index contributed by atoms with van der Waals surface area (Å²) in [6.07, 6.45) is 3.26. The summed E-state index contributed by atoms with van der Waals surface area (Å²) >= 11 is 0. The number of carbonyl (C=O) groups excluding carboxylic acids is 2. The molecule has 1 amide bonds. The van der Waals surface area contributed by atoms with Crippen LogP contribution in [-0.4, -0.2) is 16.7 Å². The van der Waals surface area contributed by atoms with Crippen LogP contribution in [0.4, 0.5) is 5.69 Å². The normalized spacial score (nSPS) is 10.2. The average Bonchev–Trinajstić information content (AvgIpc) is 2.63. The van der Waals surface area contributed by atoms with Crippen LogP contribution in [0.25, 0.3) is 11.1 Å². The van der Waals surface area contributed by atoms with Crippen molar-refractivity contribution in [3.63, 3.8) is 0 Å². The highest BCUT2D eigenvalue weighted by molar-refractivity contribution is 6.05. The highest BCUT2D eigenvalue weighted by Gasteiger charge is 2.09. The van der Waals surface area contributed by atoms with Crippen LogP contribution >= 0.6 is 0 Å². The summed E-state index contributed by atoms with van der Waals surface area (Å²) in [6, 6.07) is 18.4. The molecule has 4 nitrogen and oxygen atoms in total. The standard InChI is InChI=1S/C20H16N2O2/c1-14(23)15-7-9-19(10-8-15)22-20(24)18-11-17(12-21-13-18)16-5-3-2-4-6-16/h2-13H,1H3,(H,22,24). The van der Waals surface area contributed by atoms with Crippen molar-refractivity contribution in [3.05, 3.63) is 84.2 Å². The Balaban J connectivity index is 1.79. The fourth-order valence-electron chi connectivity index (χ4n) is 2.34. The third-order valence-corrected chi connectivity index (χ3v) is 3.66. The second-order valence-corrected chi connectivity index (χ2v) is 5.42. The zero-order chi connectivity index (χ0) is 16.9. The van der Waals surface area contributed by atoms with Gasteiger partial charge in [-0.1, -0.05) is 30.3 Å². The van der Waals surface area contributed by atoms with E-state index >= 15 is 0 Å². The maximum Gasteiger partial charge on any atom is 0.257 e. The van der Waals surface area contributed by atoms with Gasteiger partial charge in [-0.3, -0.25) is 14.6 Å². The average molecular weight is 316 g/mol. The first-order valence-corrected chi connectivity index (χ1v) is 7.56.